The quantitative estimate of drug-likeness (QED) is 0.423. The summed E-state index contributed by atoms with van der Waals surface area (Å²) in [5.74, 6) is -0.725. The Labute approximate surface area is 134 Å². The molecule has 1 fully saturated rings. The van der Waals surface area contributed by atoms with Crippen LogP contribution < -0.4 is 0 Å². The molecule has 0 unspecified atom stereocenters. The summed E-state index contributed by atoms with van der Waals surface area (Å²) in [4.78, 5) is 25.7. The van der Waals surface area contributed by atoms with Crippen molar-refractivity contribution in [2.24, 2.45) is 5.92 Å². The monoisotopic (exact) mass is 339 g/mol. The zero-order valence-corrected chi connectivity index (χ0v) is 12.7. The Hall–Kier alpha value is -2.40. The van der Waals surface area contributed by atoms with E-state index in [-0.39, 0.29) is 36.9 Å². The van der Waals surface area contributed by atoms with Gasteiger partial charge in [-0.15, -0.1) is 5.10 Å². The second-order valence-electron chi connectivity index (χ2n) is 4.69. The molecule has 2 atom stereocenters. The summed E-state index contributed by atoms with van der Waals surface area (Å²) in [5.41, 5.74) is 0. The molecule has 0 saturated carbocycles. The zero-order valence-electron chi connectivity index (χ0n) is 11.9. The molecule has 23 heavy (non-hydrogen) atoms. The Morgan fingerprint density at radius 2 is 2.39 bits per heavy atom. The number of amides is 1. The van der Waals surface area contributed by atoms with Crippen LogP contribution in [0.15, 0.2) is 29.8 Å². The van der Waals surface area contributed by atoms with E-state index >= 15 is 0 Å². The molecular weight excluding hydrogens is 326 g/mol. The number of carbonyl (C=O) groups excluding carboxylic acids is 2. The number of nitrogens with zero attached hydrogens (tertiary/aromatic N) is 5. The minimum atomic E-state index is -0.935. The van der Waals surface area contributed by atoms with Crippen molar-refractivity contribution < 1.29 is 24.2 Å². The fourth-order valence-electron chi connectivity index (χ4n) is 2.22. The molecule has 1 saturated heterocycles. The lowest BCUT2D eigenvalue weighted by molar-refractivity contribution is -0.152. The van der Waals surface area contributed by atoms with Gasteiger partial charge in [0.25, 0.3) is 0 Å². The van der Waals surface area contributed by atoms with Crippen LogP contribution >= 0.6 is 11.8 Å². The van der Waals surface area contributed by atoms with Crippen molar-refractivity contribution in [2.45, 2.75) is 11.9 Å². The second-order valence-corrected chi connectivity index (χ2v) is 5.90. The second kappa shape index (κ2) is 6.38. The van der Waals surface area contributed by atoms with Gasteiger partial charge in [0, 0.05) is 0 Å². The SMILES string of the molecule is C=CCOC(=O)OC1=C(Cn2cnnn2)S[C@@H]2[C@@H](CO)C(=O)N12. The maximum Gasteiger partial charge on any atom is 0.515 e. The zero-order chi connectivity index (χ0) is 16.4. The number of carbonyl (C=O) groups is 2. The first kappa shape index (κ1) is 15.5. The molecule has 0 radical (unpaired) electrons. The first-order valence-corrected chi connectivity index (χ1v) is 7.53. The Balaban J connectivity index is 1.80. The minimum absolute atomic E-state index is 0.00176. The van der Waals surface area contributed by atoms with Gasteiger partial charge in [0.2, 0.25) is 11.8 Å². The highest BCUT2D eigenvalue weighted by molar-refractivity contribution is 8.04. The van der Waals surface area contributed by atoms with E-state index < -0.39 is 12.1 Å². The number of ether oxygens (including phenoxy) is 2. The van der Waals surface area contributed by atoms with Gasteiger partial charge in [-0.05, 0) is 10.4 Å². The van der Waals surface area contributed by atoms with Gasteiger partial charge in [-0.25, -0.2) is 9.48 Å². The number of β-lactam (4-membered cyclic amide) rings is 1. The van der Waals surface area contributed by atoms with Gasteiger partial charge >= 0.3 is 6.16 Å². The van der Waals surface area contributed by atoms with Gasteiger partial charge in [0.15, 0.2) is 0 Å². The van der Waals surface area contributed by atoms with E-state index in [1.807, 2.05) is 0 Å². The molecule has 1 amide bonds. The van der Waals surface area contributed by atoms with Crippen LogP contribution in [0.5, 0.6) is 0 Å². The highest BCUT2D eigenvalue weighted by Gasteiger charge is 2.55. The Bertz CT molecular complexity index is 661. The summed E-state index contributed by atoms with van der Waals surface area (Å²) >= 11 is 1.32. The van der Waals surface area contributed by atoms with Gasteiger partial charge in [0.1, 0.15) is 18.3 Å². The maximum atomic E-state index is 12.1. The lowest BCUT2D eigenvalue weighted by Gasteiger charge is -2.40. The predicted octanol–water partition coefficient (Wildman–Crippen LogP) is -0.295. The van der Waals surface area contributed by atoms with Gasteiger partial charge < -0.3 is 14.6 Å². The van der Waals surface area contributed by atoms with Crippen LogP contribution in [0.2, 0.25) is 0 Å². The summed E-state index contributed by atoms with van der Waals surface area (Å²) in [6, 6.07) is 0. The largest absolute Gasteiger partial charge is 0.515 e. The number of allylic oxidation sites excluding steroid dienone is 1. The van der Waals surface area contributed by atoms with E-state index in [0.717, 1.165) is 0 Å². The number of aliphatic hydroxyl groups is 1. The molecule has 10 nitrogen and oxygen atoms in total. The molecule has 1 N–H and O–H groups in total. The molecule has 0 bridgehead atoms. The average molecular weight is 339 g/mol. The number of tetrazole rings is 1. The average Bonchev–Trinajstić information content (AvgIpc) is 3.13. The minimum Gasteiger partial charge on any atom is -0.430 e. The molecular formula is C12H13N5O5S. The number of aromatic nitrogens is 4. The van der Waals surface area contributed by atoms with Gasteiger partial charge in [0.05, 0.1) is 24.0 Å². The highest BCUT2D eigenvalue weighted by atomic mass is 32.2. The van der Waals surface area contributed by atoms with Crippen molar-refractivity contribution in [3.63, 3.8) is 0 Å². The number of thioether (sulfide) groups is 1. The third kappa shape index (κ3) is 2.80. The van der Waals surface area contributed by atoms with E-state index in [2.05, 4.69) is 22.1 Å². The molecule has 3 heterocycles. The lowest BCUT2D eigenvalue weighted by Crippen LogP contribution is -2.58. The topological polar surface area (TPSA) is 120 Å². The number of hydrogen-bond acceptors (Lipinski definition) is 9. The van der Waals surface area contributed by atoms with E-state index in [0.29, 0.717) is 4.91 Å². The molecule has 3 rings (SSSR count). The first-order valence-electron chi connectivity index (χ1n) is 6.65. The molecule has 0 spiro atoms. The summed E-state index contributed by atoms with van der Waals surface area (Å²) in [5, 5.41) is 19.8. The van der Waals surface area contributed by atoms with Crippen molar-refractivity contribution in [3.05, 3.63) is 29.8 Å². The van der Waals surface area contributed by atoms with Crippen LogP contribution in [0.3, 0.4) is 0 Å². The summed E-state index contributed by atoms with van der Waals surface area (Å²) in [6.07, 6.45) is 1.87. The Morgan fingerprint density at radius 3 is 3.04 bits per heavy atom. The van der Waals surface area contributed by atoms with Crippen molar-refractivity contribution in [1.29, 1.82) is 0 Å². The van der Waals surface area contributed by atoms with Crippen LogP contribution in [-0.4, -0.2) is 60.9 Å². The predicted molar refractivity (Wildman–Crippen MR) is 76.3 cm³/mol. The molecule has 2 aliphatic heterocycles. The van der Waals surface area contributed by atoms with Crippen molar-refractivity contribution in [1.82, 2.24) is 25.1 Å². The van der Waals surface area contributed by atoms with Gasteiger partial charge in [-0.3, -0.25) is 9.69 Å². The Morgan fingerprint density at radius 1 is 1.57 bits per heavy atom. The van der Waals surface area contributed by atoms with Crippen molar-refractivity contribution >= 4 is 23.8 Å². The molecule has 1 aromatic heterocycles. The molecule has 0 aromatic carbocycles. The molecule has 1 aromatic rings. The smallest absolute Gasteiger partial charge is 0.430 e. The Kier molecular flexibility index (Phi) is 4.30. The molecule has 0 aliphatic carbocycles. The fraction of sp³-hybridized carbons (Fsp3) is 0.417. The molecule has 2 aliphatic rings. The molecule has 11 heteroatoms. The van der Waals surface area contributed by atoms with Gasteiger partial charge in [-0.2, -0.15) is 0 Å². The standard InChI is InChI=1S/C12H13N5O5S/c1-2-3-21-12(20)22-10-8(4-16-6-13-14-15-16)23-11-7(5-18)9(19)17(10)11/h2,6-7,11,18H,1,3-5H2/t7-,11+/m0/s1. The van der Waals surface area contributed by atoms with Crippen LogP contribution in [0, 0.1) is 5.92 Å². The van der Waals surface area contributed by atoms with Crippen molar-refractivity contribution in [3.8, 4) is 0 Å². The maximum absolute atomic E-state index is 12.1. The normalized spacial score (nSPS) is 22.7. The van der Waals surface area contributed by atoms with Crippen LogP contribution in [-0.2, 0) is 20.8 Å². The summed E-state index contributed by atoms with van der Waals surface area (Å²) < 4.78 is 11.4. The van der Waals surface area contributed by atoms with Crippen LogP contribution in [0.25, 0.3) is 0 Å². The van der Waals surface area contributed by atoms with E-state index in [1.165, 1.54) is 33.7 Å². The third-order valence-corrected chi connectivity index (χ3v) is 4.64. The van der Waals surface area contributed by atoms with Gasteiger partial charge in [-0.1, -0.05) is 24.4 Å². The van der Waals surface area contributed by atoms with Crippen LogP contribution in [0.1, 0.15) is 0 Å². The van der Waals surface area contributed by atoms with Crippen LogP contribution in [0.4, 0.5) is 4.79 Å². The number of rotatable bonds is 6. The fourth-order valence-corrected chi connectivity index (χ4v) is 3.63. The number of aliphatic hydroxyl groups excluding tert-OH is 1. The first-order chi connectivity index (χ1) is 11.2. The number of hydrogen-bond donors (Lipinski definition) is 1. The summed E-state index contributed by atoms with van der Waals surface area (Å²) in [6.45, 7) is 3.40. The highest BCUT2D eigenvalue weighted by Crippen LogP contribution is 2.49. The third-order valence-electron chi connectivity index (χ3n) is 3.27. The number of fused-ring (bicyclic) bond motifs is 1. The molecule has 122 valence electrons. The lowest BCUT2D eigenvalue weighted by atomic mass is 10.00. The van der Waals surface area contributed by atoms with E-state index in [1.54, 1.807) is 0 Å². The van der Waals surface area contributed by atoms with E-state index in [4.69, 9.17) is 9.47 Å². The van der Waals surface area contributed by atoms with E-state index in [9.17, 15) is 14.7 Å². The van der Waals surface area contributed by atoms with Crippen molar-refractivity contribution in [2.75, 3.05) is 13.2 Å². The summed E-state index contributed by atoms with van der Waals surface area (Å²) in [7, 11) is 0.